The van der Waals surface area contributed by atoms with Crippen molar-refractivity contribution in [3.8, 4) is 0 Å². The van der Waals surface area contributed by atoms with Gasteiger partial charge in [-0.15, -0.1) is 0 Å². The van der Waals surface area contributed by atoms with E-state index in [-0.39, 0.29) is 30.3 Å². The van der Waals surface area contributed by atoms with Crippen LogP contribution >= 0.6 is 0 Å². The Morgan fingerprint density at radius 2 is 2.00 bits per heavy atom. The van der Waals surface area contributed by atoms with Crippen LogP contribution in [0.5, 0.6) is 0 Å². The molecular formula is C27H34BNO5. The van der Waals surface area contributed by atoms with Crippen molar-refractivity contribution >= 4 is 24.5 Å². The third kappa shape index (κ3) is 5.53. The van der Waals surface area contributed by atoms with Crippen molar-refractivity contribution in [3.05, 3.63) is 65.2 Å². The van der Waals surface area contributed by atoms with Crippen LogP contribution in [0.1, 0.15) is 56.2 Å². The molecule has 1 fully saturated rings. The molecule has 2 heterocycles. The number of hydrogen-bond donors (Lipinski definition) is 1. The fourth-order valence-corrected chi connectivity index (χ4v) is 5.15. The van der Waals surface area contributed by atoms with Crippen molar-refractivity contribution in [2.24, 2.45) is 11.8 Å². The predicted octanol–water partition coefficient (Wildman–Crippen LogP) is 3.23. The maximum absolute atomic E-state index is 13.8. The molecule has 2 aromatic rings. The van der Waals surface area contributed by atoms with Crippen molar-refractivity contribution in [2.45, 2.75) is 65.2 Å². The Labute approximate surface area is 202 Å². The monoisotopic (exact) mass is 463 g/mol. The molecule has 0 unspecified atom stereocenters. The third-order valence-corrected chi connectivity index (χ3v) is 7.11. The highest BCUT2D eigenvalue weighted by Gasteiger charge is 2.39. The molecule has 2 aromatic carbocycles. The minimum atomic E-state index is -0.903. The average Bonchev–Trinajstić information content (AvgIpc) is 3.48. The number of hydrogen-bond acceptors (Lipinski definition) is 5. The topological polar surface area (TPSA) is 76.1 Å². The summed E-state index contributed by atoms with van der Waals surface area (Å²) in [6.07, 6.45) is 3.93. The van der Waals surface area contributed by atoms with E-state index in [9.17, 15) is 14.6 Å². The highest BCUT2D eigenvalue weighted by Crippen LogP contribution is 2.29. The Morgan fingerprint density at radius 3 is 2.76 bits per heavy atom. The van der Waals surface area contributed by atoms with Gasteiger partial charge in [-0.2, -0.15) is 0 Å². The summed E-state index contributed by atoms with van der Waals surface area (Å²) in [7, 11) is -0.903. The molecule has 0 saturated carbocycles. The molecule has 1 saturated heterocycles. The molecule has 6 nitrogen and oxygen atoms in total. The SMILES string of the molecule is CCC[C@@H](C)[C@@H](Cc1ccc2c(c1)B(O)OC2)C(=O)N1CCC[C@H]1C(=O)OCc1ccccc1. The lowest BCUT2D eigenvalue weighted by molar-refractivity contribution is -0.156. The summed E-state index contributed by atoms with van der Waals surface area (Å²) < 4.78 is 10.9. The standard InChI is InChI=1S/C27H34BNO5/c1-3-8-19(2)23(15-21-12-13-22-18-34-28(32)24(22)16-21)26(30)29-14-7-11-25(29)27(31)33-17-20-9-5-4-6-10-20/h4-6,9-10,12-13,16,19,23,25,32H,3,7-8,11,14-15,17-18H2,1-2H3/t19-,23-,25+/m1/s1. The van der Waals surface area contributed by atoms with Crippen molar-refractivity contribution in [2.75, 3.05) is 6.54 Å². The Balaban J connectivity index is 1.48. The number of benzene rings is 2. The molecule has 0 bridgehead atoms. The summed E-state index contributed by atoms with van der Waals surface area (Å²) in [6, 6.07) is 15.0. The maximum atomic E-state index is 13.8. The molecule has 0 radical (unpaired) electrons. The van der Waals surface area contributed by atoms with Gasteiger partial charge in [0, 0.05) is 12.5 Å². The zero-order chi connectivity index (χ0) is 24.1. The number of carbonyl (C=O) groups is 2. The number of amides is 1. The van der Waals surface area contributed by atoms with Crippen LogP contribution in [0.4, 0.5) is 0 Å². The predicted molar refractivity (Wildman–Crippen MR) is 131 cm³/mol. The first-order valence-corrected chi connectivity index (χ1v) is 12.4. The molecule has 7 heteroatoms. The molecule has 3 atom stereocenters. The molecule has 1 N–H and O–H groups in total. The lowest BCUT2D eigenvalue weighted by Crippen LogP contribution is -2.46. The molecule has 2 aliphatic heterocycles. The van der Waals surface area contributed by atoms with E-state index in [1.165, 1.54) is 0 Å². The van der Waals surface area contributed by atoms with E-state index in [0.717, 1.165) is 41.4 Å². The lowest BCUT2D eigenvalue weighted by atomic mass is 9.77. The first-order chi connectivity index (χ1) is 16.5. The summed E-state index contributed by atoms with van der Waals surface area (Å²) in [6.45, 7) is 5.45. The number of carbonyl (C=O) groups excluding carboxylic acids is 2. The molecule has 180 valence electrons. The van der Waals surface area contributed by atoms with Crippen LogP contribution in [0, 0.1) is 11.8 Å². The Bertz CT molecular complexity index is 998. The Morgan fingerprint density at radius 1 is 1.21 bits per heavy atom. The van der Waals surface area contributed by atoms with Gasteiger partial charge in [0.25, 0.3) is 0 Å². The second kappa shape index (κ2) is 11.2. The largest absolute Gasteiger partial charge is 0.491 e. The molecule has 0 aliphatic carbocycles. The van der Waals surface area contributed by atoms with Crippen LogP contribution in [0.15, 0.2) is 48.5 Å². The molecule has 4 rings (SSSR count). The van der Waals surface area contributed by atoms with Gasteiger partial charge in [-0.1, -0.05) is 75.2 Å². The van der Waals surface area contributed by atoms with Gasteiger partial charge < -0.3 is 19.3 Å². The molecule has 34 heavy (non-hydrogen) atoms. The van der Waals surface area contributed by atoms with Crippen LogP contribution in [0.2, 0.25) is 0 Å². The summed E-state index contributed by atoms with van der Waals surface area (Å²) in [4.78, 5) is 28.5. The van der Waals surface area contributed by atoms with Crippen LogP contribution < -0.4 is 5.46 Å². The first kappa shape index (κ1) is 24.5. The average molecular weight is 463 g/mol. The molecular weight excluding hydrogens is 429 g/mol. The van der Waals surface area contributed by atoms with Crippen molar-refractivity contribution < 1.29 is 24.0 Å². The van der Waals surface area contributed by atoms with Gasteiger partial charge in [0.2, 0.25) is 5.91 Å². The lowest BCUT2D eigenvalue weighted by Gasteiger charge is -2.31. The summed E-state index contributed by atoms with van der Waals surface area (Å²) in [5.41, 5.74) is 3.72. The second-order valence-electron chi connectivity index (χ2n) is 9.56. The molecule has 0 aromatic heterocycles. The first-order valence-electron chi connectivity index (χ1n) is 12.4. The van der Waals surface area contributed by atoms with Crippen molar-refractivity contribution in [3.63, 3.8) is 0 Å². The van der Waals surface area contributed by atoms with E-state index >= 15 is 0 Å². The normalized spacial score (nSPS) is 19.1. The Hall–Kier alpha value is -2.64. The van der Waals surface area contributed by atoms with Gasteiger partial charge >= 0.3 is 13.1 Å². The van der Waals surface area contributed by atoms with Gasteiger partial charge in [-0.05, 0) is 47.3 Å². The van der Waals surface area contributed by atoms with Gasteiger partial charge in [-0.25, -0.2) is 4.79 Å². The van der Waals surface area contributed by atoms with E-state index in [4.69, 9.17) is 9.39 Å². The smallest absolute Gasteiger partial charge is 0.459 e. The van der Waals surface area contributed by atoms with Crippen LogP contribution in [0.3, 0.4) is 0 Å². The number of fused-ring (bicyclic) bond motifs is 1. The molecule has 1 amide bonds. The summed E-state index contributed by atoms with van der Waals surface area (Å²) >= 11 is 0. The van der Waals surface area contributed by atoms with E-state index in [1.807, 2.05) is 48.5 Å². The van der Waals surface area contributed by atoms with Gasteiger partial charge in [0.15, 0.2) is 0 Å². The minimum absolute atomic E-state index is 0.0254. The number of rotatable bonds is 9. The van der Waals surface area contributed by atoms with Gasteiger partial charge in [-0.3, -0.25) is 4.79 Å². The quantitative estimate of drug-likeness (QED) is 0.457. The summed E-state index contributed by atoms with van der Waals surface area (Å²) in [5, 5.41) is 10.1. The van der Waals surface area contributed by atoms with Crippen LogP contribution in [-0.4, -0.2) is 41.5 Å². The number of esters is 1. The number of nitrogens with zero attached hydrogens (tertiary/aromatic N) is 1. The number of ether oxygens (including phenoxy) is 1. The highest BCUT2D eigenvalue weighted by molar-refractivity contribution is 6.61. The maximum Gasteiger partial charge on any atom is 0.491 e. The third-order valence-electron chi connectivity index (χ3n) is 7.11. The van der Waals surface area contributed by atoms with Gasteiger partial charge in [0.05, 0.1) is 6.61 Å². The molecule has 0 spiro atoms. The van der Waals surface area contributed by atoms with Crippen molar-refractivity contribution in [1.82, 2.24) is 4.90 Å². The van der Waals surface area contributed by atoms with E-state index < -0.39 is 13.2 Å². The summed E-state index contributed by atoms with van der Waals surface area (Å²) in [5.74, 6) is -0.361. The fraction of sp³-hybridized carbons (Fsp3) is 0.481. The van der Waals surface area contributed by atoms with Gasteiger partial charge in [0.1, 0.15) is 12.6 Å². The Kier molecular flexibility index (Phi) is 8.06. The van der Waals surface area contributed by atoms with Crippen LogP contribution in [-0.2, 0) is 38.6 Å². The van der Waals surface area contributed by atoms with E-state index in [2.05, 4.69) is 13.8 Å². The highest BCUT2D eigenvalue weighted by atomic mass is 16.5. The van der Waals surface area contributed by atoms with Crippen molar-refractivity contribution in [1.29, 1.82) is 0 Å². The van der Waals surface area contributed by atoms with Crippen LogP contribution in [0.25, 0.3) is 0 Å². The zero-order valence-corrected chi connectivity index (χ0v) is 20.1. The second-order valence-corrected chi connectivity index (χ2v) is 9.56. The van der Waals surface area contributed by atoms with E-state index in [1.54, 1.807) is 4.90 Å². The number of likely N-dealkylation sites (tertiary alicyclic amines) is 1. The molecule has 2 aliphatic rings. The van der Waals surface area contributed by atoms with E-state index in [0.29, 0.717) is 26.0 Å². The minimum Gasteiger partial charge on any atom is -0.459 e. The fourth-order valence-electron chi connectivity index (χ4n) is 5.15. The zero-order valence-electron chi connectivity index (χ0n) is 20.1.